The molecule has 0 saturated carbocycles. The lowest BCUT2D eigenvalue weighted by atomic mass is 10.1. The molecule has 0 N–H and O–H groups in total. The van der Waals surface area contributed by atoms with E-state index in [1.54, 1.807) is 6.92 Å². The summed E-state index contributed by atoms with van der Waals surface area (Å²) in [5, 5.41) is 0. The van der Waals surface area contributed by atoms with Crippen molar-refractivity contribution >= 4 is 11.9 Å². The molecule has 0 aliphatic rings. The molecule has 0 radical (unpaired) electrons. The summed E-state index contributed by atoms with van der Waals surface area (Å²) in [7, 11) is 0. The van der Waals surface area contributed by atoms with Gasteiger partial charge in [0.25, 0.3) is 0 Å². The summed E-state index contributed by atoms with van der Waals surface area (Å²) < 4.78 is 9.46. The Morgan fingerprint density at radius 2 is 1.73 bits per heavy atom. The van der Waals surface area contributed by atoms with Crippen LogP contribution in [0.3, 0.4) is 0 Å². The summed E-state index contributed by atoms with van der Waals surface area (Å²) in [5.41, 5.74) is -0.249. The zero-order chi connectivity index (χ0) is 11.8. The summed E-state index contributed by atoms with van der Waals surface area (Å²) in [6.07, 6.45) is 0.766. The van der Waals surface area contributed by atoms with Crippen LogP contribution in [0.1, 0.15) is 27.2 Å². The summed E-state index contributed by atoms with van der Waals surface area (Å²) in [6.45, 7) is 9.55. The molecule has 0 aliphatic heterocycles. The van der Waals surface area contributed by atoms with Crippen molar-refractivity contribution in [2.24, 2.45) is 5.92 Å². The molecular weight excluding hydrogens is 196 g/mol. The van der Waals surface area contributed by atoms with Crippen molar-refractivity contribution < 1.29 is 19.1 Å². The molecule has 0 bridgehead atoms. The zero-order valence-electron chi connectivity index (χ0n) is 9.54. The van der Waals surface area contributed by atoms with Crippen LogP contribution < -0.4 is 0 Å². The highest BCUT2D eigenvalue weighted by molar-refractivity contribution is 6.13. The Balaban J connectivity index is 3.89. The number of ether oxygens (including phenoxy) is 2. The zero-order valence-corrected chi connectivity index (χ0v) is 9.54. The van der Waals surface area contributed by atoms with E-state index in [1.165, 1.54) is 0 Å². The van der Waals surface area contributed by atoms with E-state index in [-0.39, 0.29) is 12.2 Å². The third kappa shape index (κ3) is 5.88. The molecule has 0 aromatic heterocycles. The minimum Gasteiger partial charge on any atom is -0.462 e. The maximum Gasteiger partial charge on any atom is 0.344 e. The van der Waals surface area contributed by atoms with Crippen LogP contribution in [0.15, 0.2) is 12.2 Å². The van der Waals surface area contributed by atoms with E-state index in [1.807, 2.05) is 13.8 Å². The van der Waals surface area contributed by atoms with Crippen molar-refractivity contribution in [3.8, 4) is 0 Å². The van der Waals surface area contributed by atoms with E-state index in [0.717, 1.165) is 6.42 Å². The predicted molar refractivity (Wildman–Crippen MR) is 56.2 cm³/mol. The van der Waals surface area contributed by atoms with Gasteiger partial charge in [-0.1, -0.05) is 20.4 Å². The second kappa shape index (κ2) is 7.04. The fraction of sp³-hybridized carbons (Fsp3) is 0.636. The maximum absolute atomic E-state index is 11.2. The van der Waals surface area contributed by atoms with Gasteiger partial charge in [-0.3, -0.25) is 0 Å². The van der Waals surface area contributed by atoms with Gasteiger partial charge < -0.3 is 9.47 Å². The minimum atomic E-state index is -0.716. The van der Waals surface area contributed by atoms with Crippen LogP contribution in [0.5, 0.6) is 0 Å². The first kappa shape index (κ1) is 13.7. The molecule has 0 fully saturated rings. The van der Waals surface area contributed by atoms with Crippen molar-refractivity contribution in [3.63, 3.8) is 0 Å². The number of esters is 2. The first-order chi connectivity index (χ1) is 6.99. The molecule has 0 rings (SSSR count). The summed E-state index contributed by atoms with van der Waals surface area (Å²) >= 11 is 0. The van der Waals surface area contributed by atoms with Crippen molar-refractivity contribution in [1.29, 1.82) is 0 Å². The van der Waals surface area contributed by atoms with E-state index in [4.69, 9.17) is 4.74 Å². The molecule has 0 saturated heterocycles. The second-order valence-electron chi connectivity index (χ2n) is 3.52. The second-order valence-corrected chi connectivity index (χ2v) is 3.52. The van der Waals surface area contributed by atoms with Gasteiger partial charge in [0.05, 0.1) is 13.2 Å². The van der Waals surface area contributed by atoms with Crippen molar-refractivity contribution in [2.45, 2.75) is 27.2 Å². The van der Waals surface area contributed by atoms with Gasteiger partial charge in [-0.05, 0) is 19.3 Å². The van der Waals surface area contributed by atoms with E-state index in [9.17, 15) is 9.59 Å². The Bertz CT molecular complexity index is 243. The monoisotopic (exact) mass is 214 g/mol. The maximum atomic E-state index is 11.2. The Morgan fingerprint density at radius 1 is 1.20 bits per heavy atom. The molecule has 0 spiro atoms. The number of hydrogen-bond donors (Lipinski definition) is 0. The molecule has 4 heteroatoms. The van der Waals surface area contributed by atoms with Crippen LogP contribution in [0, 0.1) is 5.92 Å². The van der Waals surface area contributed by atoms with E-state index in [0.29, 0.717) is 12.5 Å². The average molecular weight is 214 g/mol. The van der Waals surface area contributed by atoms with Gasteiger partial charge in [0.2, 0.25) is 0 Å². The molecule has 0 aliphatic carbocycles. The lowest BCUT2D eigenvalue weighted by molar-refractivity contribution is -0.146. The molecule has 0 aromatic rings. The van der Waals surface area contributed by atoms with Crippen LogP contribution in [0.25, 0.3) is 0 Å². The van der Waals surface area contributed by atoms with Crippen molar-refractivity contribution in [3.05, 3.63) is 12.2 Å². The van der Waals surface area contributed by atoms with Crippen LogP contribution in [-0.4, -0.2) is 25.2 Å². The van der Waals surface area contributed by atoms with Crippen LogP contribution in [0.2, 0.25) is 0 Å². The third-order valence-electron chi connectivity index (χ3n) is 1.70. The van der Waals surface area contributed by atoms with Crippen LogP contribution in [0.4, 0.5) is 0 Å². The molecule has 15 heavy (non-hydrogen) atoms. The summed E-state index contributed by atoms with van der Waals surface area (Å²) in [5.74, 6) is -0.963. The van der Waals surface area contributed by atoms with E-state index in [2.05, 4.69) is 11.3 Å². The lowest BCUT2D eigenvalue weighted by Gasteiger charge is -2.07. The highest BCUT2D eigenvalue weighted by Gasteiger charge is 2.18. The number of carbonyl (C=O) groups excluding carboxylic acids is 2. The van der Waals surface area contributed by atoms with Gasteiger partial charge in [-0.2, -0.15) is 0 Å². The van der Waals surface area contributed by atoms with E-state index >= 15 is 0 Å². The fourth-order valence-corrected chi connectivity index (χ4v) is 0.776. The first-order valence-corrected chi connectivity index (χ1v) is 5.02. The van der Waals surface area contributed by atoms with Crippen molar-refractivity contribution in [2.75, 3.05) is 13.2 Å². The Kier molecular flexibility index (Phi) is 6.42. The highest BCUT2D eigenvalue weighted by atomic mass is 16.6. The number of rotatable bonds is 6. The van der Waals surface area contributed by atoms with Gasteiger partial charge >= 0.3 is 11.9 Å². The molecule has 0 unspecified atom stereocenters. The van der Waals surface area contributed by atoms with Gasteiger partial charge in [0, 0.05) is 0 Å². The summed E-state index contributed by atoms with van der Waals surface area (Å²) in [4.78, 5) is 22.3. The minimum absolute atomic E-state index is 0.219. The van der Waals surface area contributed by atoms with Crippen molar-refractivity contribution in [1.82, 2.24) is 0 Å². The number of hydrogen-bond acceptors (Lipinski definition) is 4. The smallest absolute Gasteiger partial charge is 0.344 e. The predicted octanol–water partition coefficient (Wildman–Crippen LogP) is 1.70. The third-order valence-corrected chi connectivity index (χ3v) is 1.70. The van der Waals surface area contributed by atoms with E-state index < -0.39 is 11.9 Å². The standard InChI is InChI=1S/C11H18O4/c1-5-14-10(12)9(4)11(13)15-7-6-8(2)3/h8H,4-7H2,1-3H3. The first-order valence-electron chi connectivity index (χ1n) is 5.02. The Hall–Kier alpha value is -1.32. The Labute approximate surface area is 90.2 Å². The molecule has 0 atom stereocenters. The molecule has 0 heterocycles. The van der Waals surface area contributed by atoms with Gasteiger partial charge in [-0.15, -0.1) is 0 Å². The molecule has 0 aromatic carbocycles. The highest BCUT2D eigenvalue weighted by Crippen LogP contribution is 2.03. The normalized spacial score (nSPS) is 9.87. The van der Waals surface area contributed by atoms with Gasteiger partial charge in [-0.25, -0.2) is 9.59 Å². The molecular formula is C11H18O4. The summed E-state index contributed by atoms with van der Waals surface area (Å²) in [6, 6.07) is 0. The molecule has 4 nitrogen and oxygen atoms in total. The largest absolute Gasteiger partial charge is 0.462 e. The Morgan fingerprint density at radius 3 is 2.20 bits per heavy atom. The fourth-order valence-electron chi connectivity index (χ4n) is 0.776. The van der Waals surface area contributed by atoms with Crippen LogP contribution >= 0.6 is 0 Å². The molecule has 0 amide bonds. The topological polar surface area (TPSA) is 52.6 Å². The average Bonchev–Trinajstić information content (AvgIpc) is 2.16. The quantitative estimate of drug-likeness (QED) is 0.292. The van der Waals surface area contributed by atoms with Crippen LogP contribution in [-0.2, 0) is 19.1 Å². The van der Waals surface area contributed by atoms with Gasteiger partial charge in [0.15, 0.2) is 0 Å². The SMILES string of the molecule is C=C(C(=O)OCC)C(=O)OCCC(C)C. The molecule has 86 valence electrons. The number of carbonyl (C=O) groups is 2. The lowest BCUT2D eigenvalue weighted by Crippen LogP contribution is -2.18. The van der Waals surface area contributed by atoms with Gasteiger partial charge in [0.1, 0.15) is 5.57 Å².